The first-order valence-corrected chi connectivity index (χ1v) is 6.74. The van der Waals surface area contributed by atoms with Gasteiger partial charge in [-0.15, -0.1) is 0 Å². The minimum atomic E-state index is -0.167. The number of ketones is 1. The average molecular weight is 289 g/mol. The molecule has 3 rings (SSSR count). The molecule has 4 nitrogen and oxygen atoms in total. The number of aromatic nitrogens is 2. The van der Waals surface area contributed by atoms with Gasteiger partial charge >= 0.3 is 0 Å². The second kappa shape index (κ2) is 4.80. The third-order valence-corrected chi connectivity index (χ3v) is 3.37. The smallest absolute Gasteiger partial charge is 0.246 e. The maximum atomic E-state index is 12.5. The van der Waals surface area contributed by atoms with Gasteiger partial charge in [0, 0.05) is 17.0 Å². The zero-order valence-electron chi connectivity index (χ0n) is 11.2. The van der Waals surface area contributed by atoms with Crippen LogP contribution in [0.15, 0.2) is 34.7 Å². The molecule has 0 aliphatic heterocycles. The maximum absolute atomic E-state index is 12.5. The summed E-state index contributed by atoms with van der Waals surface area (Å²) in [5.74, 6) is 0.136. The van der Waals surface area contributed by atoms with E-state index in [9.17, 15) is 4.79 Å². The topological polar surface area (TPSA) is 48.0 Å². The standard InChI is InChI=1S/C15H13ClN2O2/c1-3-18-12(6-9(2)17-18)15(19)14-8-10-7-11(16)4-5-13(10)20-14/h4-8H,3H2,1-2H3. The van der Waals surface area contributed by atoms with Crippen LogP contribution < -0.4 is 0 Å². The van der Waals surface area contributed by atoms with E-state index in [1.165, 1.54) is 0 Å². The van der Waals surface area contributed by atoms with Crippen LogP contribution in [0.5, 0.6) is 0 Å². The fourth-order valence-corrected chi connectivity index (χ4v) is 2.40. The number of rotatable bonds is 3. The van der Waals surface area contributed by atoms with Crippen LogP contribution in [0.4, 0.5) is 0 Å². The lowest BCUT2D eigenvalue weighted by Gasteiger charge is -2.00. The van der Waals surface area contributed by atoms with Gasteiger partial charge < -0.3 is 4.42 Å². The number of carbonyl (C=O) groups excluding carboxylic acids is 1. The van der Waals surface area contributed by atoms with Crippen LogP contribution in [0.3, 0.4) is 0 Å². The fourth-order valence-electron chi connectivity index (χ4n) is 2.22. The average Bonchev–Trinajstić information content (AvgIpc) is 3.00. The number of benzene rings is 1. The van der Waals surface area contributed by atoms with E-state index in [-0.39, 0.29) is 5.78 Å². The number of halogens is 1. The minimum Gasteiger partial charge on any atom is -0.453 e. The first-order valence-electron chi connectivity index (χ1n) is 6.36. The van der Waals surface area contributed by atoms with E-state index >= 15 is 0 Å². The molecule has 0 fully saturated rings. The van der Waals surface area contributed by atoms with E-state index in [1.54, 1.807) is 35.0 Å². The molecule has 0 amide bonds. The third kappa shape index (κ3) is 2.12. The van der Waals surface area contributed by atoms with Gasteiger partial charge in [-0.3, -0.25) is 9.48 Å². The van der Waals surface area contributed by atoms with E-state index in [4.69, 9.17) is 16.0 Å². The second-order valence-electron chi connectivity index (χ2n) is 4.61. The molecule has 5 heteroatoms. The van der Waals surface area contributed by atoms with Crippen molar-refractivity contribution in [2.45, 2.75) is 20.4 Å². The molecule has 0 aliphatic rings. The molecule has 2 aromatic heterocycles. The first kappa shape index (κ1) is 12.9. The zero-order chi connectivity index (χ0) is 14.3. The largest absolute Gasteiger partial charge is 0.453 e. The molecule has 0 saturated carbocycles. The Morgan fingerprint density at radius 3 is 2.90 bits per heavy atom. The zero-order valence-corrected chi connectivity index (χ0v) is 11.9. The van der Waals surface area contributed by atoms with E-state index in [0.717, 1.165) is 11.1 Å². The van der Waals surface area contributed by atoms with Crippen molar-refractivity contribution in [2.24, 2.45) is 0 Å². The molecule has 1 aromatic carbocycles. The predicted octanol–water partition coefficient (Wildman–Crippen LogP) is 3.84. The normalized spacial score (nSPS) is 11.2. The van der Waals surface area contributed by atoms with Crippen molar-refractivity contribution in [1.29, 1.82) is 0 Å². The summed E-state index contributed by atoms with van der Waals surface area (Å²) in [6.07, 6.45) is 0. The van der Waals surface area contributed by atoms with Gasteiger partial charge in [-0.1, -0.05) is 11.6 Å². The van der Waals surface area contributed by atoms with Gasteiger partial charge in [-0.25, -0.2) is 0 Å². The lowest BCUT2D eigenvalue weighted by molar-refractivity contribution is 0.100. The van der Waals surface area contributed by atoms with Gasteiger partial charge in [0.05, 0.1) is 5.69 Å². The van der Waals surface area contributed by atoms with Crippen molar-refractivity contribution < 1.29 is 9.21 Å². The van der Waals surface area contributed by atoms with E-state index in [0.29, 0.717) is 28.6 Å². The fraction of sp³-hybridized carbons (Fsp3) is 0.200. The Labute approximate surface area is 120 Å². The number of hydrogen-bond donors (Lipinski definition) is 0. The summed E-state index contributed by atoms with van der Waals surface area (Å²) < 4.78 is 7.28. The number of nitrogens with zero attached hydrogens (tertiary/aromatic N) is 2. The molecule has 0 aliphatic carbocycles. The van der Waals surface area contributed by atoms with Crippen LogP contribution in [0.25, 0.3) is 11.0 Å². The van der Waals surface area contributed by atoms with Crippen molar-refractivity contribution in [3.63, 3.8) is 0 Å². The highest BCUT2D eigenvalue weighted by atomic mass is 35.5. The predicted molar refractivity (Wildman–Crippen MR) is 77.3 cm³/mol. The van der Waals surface area contributed by atoms with Crippen LogP contribution in [0, 0.1) is 6.92 Å². The highest BCUT2D eigenvalue weighted by Crippen LogP contribution is 2.24. The Bertz CT molecular complexity index is 801. The molecule has 2 heterocycles. The number of hydrogen-bond acceptors (Lipinski definition) is 3. The number of carbonyl (C=O) groups is 1. The van der Waals surface area contributed by atoms with Crippen LogP contribution >= 0.6 is 11.6 Å². The van der Waals surface area contributed by atoms with Crippen LogP contribution in [0.2, 0.25) is 5.02 Å². The molecule has 0 saturated heterocycles. The third-order valence-electron chi connectivity index (χ3n) is 3.14. The Hall–Kier alpha value is -2.07. The Morgan fingerprint density at radius 2 is 2.15 bits per heavy atom. The SMILES string of the molecule is CCn1nc(C)cc1C(=O)c1cc2cc(Cl)ccc2o1. The van der Waals surface area contributed by atoms with Crippen molar-refractivity contribution in [1.82, 2.24) is 9.78 Å². The Morgan fingerprint density at radius 1 is 1.35 bits per heavy atom. The van der Waals surface area contributed by atoms with Gasteiger partial charge in [0.15, 0.2) is 5.76 Å². The quantitative estimate of drug-likeness (QED) is 0.688. The summed E-state index contributed by atoms with van der Waals surface area (Å²) in [5.41, 5.74) is 2.00. The summed E-state index contributed by atoms with van der Waals surface area (Å²) in [5, 5.41) is 5.71. The molecular formula is C15H13ClN2O2. The van der Waals surface area contributed by atoms with Crippen molar-refractivity contribution in [3.05, 3.63) is 52.5 Å². The van der Waals surface area contributed by atoms with Crippen LogP contribution in [-0.2, 0) is 6.54 Å². The Balaban J connectivity index is 2.07. The van der Waals surface area contributed by atoms with Gasteiger partial charge in [0.1, 0.15) is 11.3 Å². The van der Waals surface area contributed by atoms with E-state index < -0.39 is 0 Å². The first-order chi connectivity index (χ1) is 9.58. The van der Waals surface area contributed by atoms with Crippen LogP contribution in [-0.4, -0.2) is 15.6 Å². The molecular weight excluding hydrogens is 276 g/mol. The molecule has 0 radical (unpaired) electrons. The number of furan rings is 1. The van der Waals surface area contributed by atoms with Crippen molar-refractivity contribution >= 4 is 28.4 Å². The monoisotopic (exact) mass is 288 g/mol. The highest BCUT2D eigenvalue weighted by Gasteiger charge is 2.19. The lowest BCUT2D eigenvalue weighted by atomic mass is 10.2. The Kier molecular flexibility index (Phi) is 3.10. The minimum absolute atomic E-state index is 0.167. The highest BCUT2D eigenvalue weighted by molar-refractivity contribution is 6.31. The summed E-state index contributed by atoms with van der Waals surface area (Å²) in [4.78, 5) is 12.5. The summed E-state index contributed by atoms with van der Waals surface area (Å²) in [6, 6.07) is 8.76. The van der Waals surface area contributed by atoms with Gasteiger partial charge in [0.25, 0.3) is 0 Å². The molecule has 0 bridgehead atoms. The number of aryl methyl sites for hydroxylation is 2. The summed E-state index contributed by atoms with van der Waals surface area (Å²) in [7, 11) is 0. The molecule has 0 atom stereocenters. The molecule has 0 unspecified atom stereocenters. The maximum Gasteiger partial charge on any atom is 0.246 e. The van der Waals surface area contributed by atoms with Gasteiger partial charge in [-0.2, -0.15) is 5.10 Å². The number of fused-ring (bicyclic) bond motifs is 1. The summed E-state index contributed by atoms with van der Waals surface area (Å²) >= 11 is 5.93. The molecule has 0 spiro atoms. The summed E-state index contributed by atoms with van der Waals surface area (Å²) in [6.45, 7) is 4.45. The van der Waals surface area contributed by atoms with Crippen LogP contribution in [0.1, 0.15) is 28.9 Å². The van der Waals surface area contributed by atoms with Crippen molar-refractivity contribution in [3.8, 4) is 0 Å². The van der Waals surface area contributed by atoms with Crippen molar-refractivity contribution in [2.75, 3.05) is 0 Å². The second-order valence-corrected chi connectivity index (χ2v) is 5.05. The van der Waals surface area contributed by atoms with E-state index in [1.807, 2.05) is 13.8 Å². The van der Waals surface area contributed by atoms with Gasteiger partial charge in [-0.05, 0) is 44.2 Å². The molecule has 0 N–H and O–H groups in total. The molecule has 3 aromatic rings. The lowest BCUT2D eigenvalue weighted by Crippen LogP contribution is -2.09. The molecule has 102 valence electrons. The molecule has 20 heavy (non-hydrogen) atoms. The van der Waals surface area contributed by atoms with Gasteiger partial charge in [0.2, 0.25) is 5.78 Å². The van der Waals surface area contributed by atoms with E-state index in [2.05, 4.69) is 5.10 Å².